The van der Waals surface area contributed by atoms with Crippen LogP contribution >= 0.6 is 15.9 Å². The molecule has 0 saturated heterocycles. The van der Waals surface area contributed by atoms with Gasteiger partial charge in [-0.15, -0.1) is 8.78 Å². The molecule has 0 fully saturated rings. The zero-order chi connectivity index (χ0) is 15.0. The van der Waals surface area contributed by atoms with Gasteiger partial charge in [0.25, 0.3) is 0 Å². The molecule has 1 N–H and O–H groups in total. The molecule has 0 unspecified atom stereocenters. The predicted molar refractivity (Wildman–Crippen MR) is 74.1 cm³/mol. The highest BCUT2D eigenvalue weighted by molar-refractivity contribution is 9.10. The molecule has 0 amide bonds. The second kappa shape index (κ2) is 5.14. The van der Waals surface area contributed by atoms with Crippen LogP contribution in [0.1, 0.15) is 5.56 Å². The van der Waals surface area contributed by atoms with Gasteiger partial charge >= 0.3 is 6.29 Å². The van der Waals surface area contributed by atoms with E-state index in [1.165, 1.54) is 18.2 Å². The van der Waals surface area contributed by atoms with E-state index < -0.39 is 6.29 Å². The lowest BCUT2D eigenvalue weighted by Gasteiger charge is -2.08. The number of benzene rings is 2. The number of hydrogen-bond donors (Lipinski definition) is 1. The molecule has 7 heteroatoms. The van der Waals surface area contributed by atoms with Crippen LogP contribution in [0, 0.1) is 5.82 Å². The number of nitrogens with one attached hydrogen (secondary N) is 1. The van der Waals surface area contributed by atoms with E-state index >= 15 is 0 Å². The van der Waals surface area contributed by atoms with Crippen LogP contribution in [0.25, 0.3) is 0 Å². The summed E-state index contributed by atoms with van der Waals surface area (Å²) in [5, 5.41) is 2.94. The third kappa shape index (κ3) is 3.07. The molecule has 2 aromatic rings. The van der Waals surface area contributed by atoms with Gasteiger partial charge in [0.15, 0.2) is 11.5 Å². The first kappa shape index (κ1) is 14.1. The lowest BCUT2D eigenvalue weighted by Crippen LogP contribution is -2.25. The van der Waals surface area contributed by atoms with Crippen molar-refractivity contribution >= 4 is 21.6 Å². The summed E-state index contributed by atoms with van der Waals surface area (Å²) in [5.41, 5.74) is 0.985. The molecule has 0 aliphatic carbocycles. The molecule has 110 valence electrons. The Bertz CT molecular complexity index is 694. The fourth-order valence-electron chi connectivity index (χ4n) is 1.92. The van der Waals surface area contributed by atoms with Crippen LogP contribution in [0.15, 0.2) is 40.9 Å². The maximum Gasteiger partial charge on any atom is 0.586 e. The largest absolute Gasteiger partial charge is 0.586 e. The molecule has 0 radical (unpaired) electrons. The molecule has 1 heterocycles. The summed E-state index contributed by atoms with van der Waals surface area (Å²) in [4.78, 5) is 0. The van der Waals surface area contributed by atoms with E-state index in [9.17, 15) is 13.2 Å². The Labute approximate surface area is 126 Å². The summed E-state index contributed by atoms with van der Waals surface area (Å²) in [6.45, 7) is 0.217. The van der Waals surface area contributed by atoms with E-state index in [1.54, 1.807) is 18.2 Å². The molecule has 0 atom stereocenters. The van der Waals surface area contributed by atoms with Gasteiger partial charge in [-0.2, -0.15) is 0 Å². The SMILES string of the molecule is Fc1cc(Br)ccc1CNc1ccc2c(c1)OC(F)(F)O2. The Hall–Kier alpha value is -1.89. The fourth-order valence-corrected chi connectivity index (χ4v) is 2.25. The molecule has 3 rings (SSSR count). The smallest absolute Gasteiger partial charge is 0.395 e. The van der Waals surface area contributed by atoms with Crippen LogP contribution in [-0.2, 0) is 6.54 Å². The summed E-state index contributed by atoms with van der Waals surface area (Å²) in [6, 6.07) is 9.02. The maximum atomic E-state index is 13.7. The molecule has 21 heavy (non-hydrogen) atoms. The fraction of sp³-hybridized carbons (Fsp3) is 0.143. The first-order valence-electron chi connectivity index (χ1n) is 6.01. The summed E-state index contributed by atoms with van der Waals surface area (Å²) in [5.74, 6) is -0.439. The molecule has 3 nitrogen and oxygen atoms in total. The molecule has 0 spiro atoms. The van der Waals surface area contributed by atoms with E-state index in [4.69, 9.17) is 0 Å². The number of halogens is 4. The molecular weight excluding hydrogens is 351 g/mol. The minimum Gasteiger partial charge on any atom is -0.395 e. The Kier molecular flexibility index (Phi) is 3.44. The molecule has 2 aromatic carbocycles. The lowest BCUT2D eigenvalue weighted by atomic mass is 10.2. The monoisotopic (exact) mass is 359 g/mol. The van der Waals surface area contributed by atoms with E-state index in [1.807, 2.05) is 0 Å². The summed E-state index contributed by atoms with van der Waals surface area (Å²) < 4.78 is 48.7. The van der Waals surface area contributed by atoms with Gasteiger partial charge in [0.2, 0.25) is 0 Å². The number of rotatable bonds is 3. The van der Waals surface area contributed by atoms with E-state index in [0.29, 0.717) is 15.7 Å². The molecular formula is C14H9BrF3NO2. The first-order chi connectivity index (χ1) is 9.93. The topological polar surface area (TPSA) is 30.5 Å². The van der Waals surface area contributed by atoms with Crippen LogP contribution in [0.4, 0.5) is 18.9 Å². The minimum atomic E-state index is -3.64. The standard InChI is InChI=1S/C14H9BrF3NO2/c15-9-2-1-8(11(16)5-9)7-19-10-3-4-12-13(6-10)21-14(17,18)20-12/h1-6,19H,7H2. The zero-order valence-corrected chi connectivity index (χ0v) is 12.1. The van der Waals surface area contributed by atoms with Crippen molar-refractivity contribution in [3.05, 3.63) is 52.3 Å². The summed E-state index contributed by atoms with van der Waals surface area (Å²) in [7, 11) is 0. The van der Waals surface area contributed by atoms with Crippen LogP contribution in [0.2, 0.25) is 0 Å². The normalized spacial score (nSPS) is 15.0. The van der Waals surface area contributed by atoms with Crippen molar-refractivity contribution in [2.75, 3.05) is 5.32 Å². The van der Waals surface area contributed by atoms with Crippen LogP contribution < -0.4 is 14.8 Å². The van der Waals surface area contributed by atoms with Gasteiger partial charge in [-0.25, -0.2) is 4.39 Å². The predicted octanol–water partition coefficient (Wildman–Crippen LogP) is 4.52. The average Bonchev–Trinajstić information content (AvgIpc) is 2.70. The quantitative estimate of drug-likeness (QED) is 0.873. The molecule has 0 bridgehead atoms. The third-order valence-electron chi connectivity index (χ3n) is 2.90. The Morgan fingerprint density at radius 3 is 2.57 bits per heavy atom. The van der Waals surface area contributed by atoms with Gasteiger partial charge in [-0.1, -0.05) is 22.0 Å². The molecule has 1 aliphatic rings. The number of anilines is 1. The highest BCUT2D eigenvalue weighted by Gasteiger charge is 2.43. The van der Waals surface area contributed by atoms with Gasteiger partial charge in [-0.05, 0) is 24.3 Å². The van der Waals surface area contributed by atoms with Gasteiger partial charge in [-0.3, -0.25) is 0 Å². The number of ether oxygens (including phenoxy) is 2. The van der Waals surface area contributed by atoms with Crippen molar-refractivity contribution in [3.8, 4) is 11.5 Å². The first-order valence-corrected chi connectivity index (χ1v) is 6.80. The van der Waals surface area contributed by atoms with Crippen molar-refractivity contribution in [1.82, 2.24) is 0 Å². The van der Waals surface area contributed by atoms with Crippen molar-refractivity contribution in [2.45, 2.75) is 12.8 Å². The molecule has 0 saturated carbocycles. The van der Waals surface area contributed by atoms with Crippen LogP contribution in [-0.4, -0.2) is 6.29 Å². The zero-order valence-electron chi connectivity index (χ0n) is 10.5. The number of fused-ring (bicyclic) bond motifs is 1. The maximum absolute atomic E-state index is 13.7. The molecule has 0 aromatic heterocycles. The van der Waals surface area contributed by atoms with Crippen molar-refractivity contribution in [2.24, 2.45) is 0 Å². The second-order valence-electron chi connectivity index (χ2n) is 4.42. The van der Waals surface area contributed by atoms with E-state index in [-0.39, 0.29) is 23.9 Å². The molecule has 1 aliphatic heterocycles. The van der Waals surface area contributed by atoms with Gasteiger partial charge in [0.05, 0.1) is 0 Å². The van der Waals surface area contributed by atoms with Gasteiger partial charge < -0.3 is 14.8 Å². The number of hydrogen-bond acceptors (Lipinski definition) is 3. The van der Waals surface area contributed by atoms with Gasteiger partial charge in [0.1, 0.15) is 5.82 Å². The second-order valence-corrected chi connectivity index (χ2v) is 5.33. The van der Waals surface area contributed by atoms with Crippen LogP contribution in [0.5, 0.6) is 11.5 Å². The van der Waals surface area contributed by atoms with Crippen molar-refractivity contribution < 1.29 is 22.6 Å². The van der Waals surface area contributed by atoms with Gasteiger partial charge in [0, 0.05) is 28.3 Å². The van der Waals surface area contributed by atoms with Crippen molar-refractivity contribution in [3.63, 3.8) is 0 Å². The summed E-state index contributed by atoms with van der Waals surface area (Å²) in [6.07, 6.45) is -3.64. The third-order valence-corrected chi connectivity index (χ3v) is 3.39. The Morgan fingerprint density at radius 2 is 1.81 bits per heavy atom. The lowest BCUT2D eigenvalue weighted by molar-refractivity contribution is -0.286. The Morgan fingerprint density at radius 1 is 1.05 bits per heavy atom. The average molecular weight is 360 g/mol. The highest BCUT2D eigenvalue weighted by Crippen LogP contribution is 2.42. The minimum absolute atomic E-state index is 0.0274. The van der Waals surface area contributed by atoms with E-state index in [2.05, 4.69) is 30.7 Å². The summed E-state index contributed by atoms with van der Waals surface area (Å²) >= 11 is 3.17. The highest BCUT2D eigenvalue weighted by atomic mass is 79.9. The Balaban J connectivity index is 1.72. The van der Waals surface area contributed by atoms with Crippen LogP contribution in [0.3, 0.4) is 0 Å². The van der Waals surface area contributed by atoms with E-state index in [0.717, 1.165) is 0 Å². The number of alkyl halides is 2. The van der Waals surface area contributed by atoms with Crippen molar-refractivity contribution in [1.29, 1.82) is 0 Å².